The summed E-state index contributed by atoms with van der Waals surface area (Å²) in [6, 6.07) is 23.6. The van der Waals surface area contributed by atoms with Crippen LogP contribution in [-0.4, -0.2) is 41.0 Å². The molecular formula is C32H35N5OS. The molecule has 0 amide bonds. The number of rotatable bonds is 5. The molecule has 2 aliphatic rings. The van der Waals surface area contributed by atoms with E-state index in [1.54, 1.807) is 0 Å². The molecule has 1 N–H and O–H groups in total. The summed E-state index contributed by atoms with van der Waals surface area (Å²) in [7, 11) is 0. The third-order valence-electron chi connectivity index (χ3n) is 8.21. The molecule has 200 valence electrons. The molecule has 7 heteroatoms. The van der Waals surface area contributed by atoms with Crippen molar-refractivity contribution >= 4 is 28.7 Å². The van der Waals surface area contributed by atoms with Crippen molar-refractivity contribution in [1.82, 2.24) is 14.9 Å². The topological polar surface area (TPSA) is 45.6 Å². The van der Waals surface area contributed by atoms with Gasteiger partial charge in [0.1, 0.15) is 0 Å². The smallest absolute Gasteiger partial charge is 0.174 e. The average Bonchev–Trinajstić information content (AvgIpc) is 3.46. The van der Waals surface area contributed by atoms with Gasteiger partial charge in [-0.25, -0.2) is 0 Å². The first-order valence-electron chi connectivity index (χ1n) is 13.6. The van der Waals surface area contributed by atoms with Crippen molar-refractivity contribution in [3.8, 4) is 5.69 Å². The Morgan fingerprint density at radius 3 is 2.36 bits per heavy atom. The van der Waals surface area contributed by atoms with E-state index in [2.05, 4.69) is 102 Å². The van der Waals surface area contributed by atoms with Gasteiger partial charge in [0.25, 0.3) is 0 Å². The zero-order valence-corrected chi connectivity index (χ0v) is 23.8. The van der Waals surface area contributed by atoms with Crippen LogP contribution >= 0.6 is 12.2 Å². The fourth-order valence-corrected chi connectivity index (χ4v) is 6.38. The van der Waals surface area contributed by atoms with Gasteiger partial charge in [-0.1, -0.05) is 18.2 Å². The fourth-order valence-electron chi connectivity index (χ4n) is 6.03. The van der Waals surface area contributed by atoms with E-state index in [0.29, 0.717) is 5.11 Å². The zero-order chi connectivity index (χ0) is 27.1. The standard InChI is InChI=1S/C32H35N5OS/c1-21-8-7-10-29(23(21)3)36-22(2)20-27(24(36)4)31-30(28-9-5-6-15-33-28)34-32(39)37(31)26-13-11-25(12-14-26)35-16-18-38-19-17-35/h5-15,20,30-31H,16-19H2,1-4H3,(H,34,39)/t30-,31+/m1/s1. The lowest BCUT2D eigenvalue weighted by Gasteiger charge is -2.31. The Morgan fingerprint density at radius 2 is 1.64 bits per heavy atom. The van der Waals surface area contributed by atoms with Crippen molar-refractivity contribution in [2.45, 2.75) is 39.8 Å². The highest BCUT2D eigenvalue weighted by molar-refractivity contribution is 7.80. The molecule has 2 aliphatic heterocycles. The van der Waals surface area contributed by atoms with Gasteiger partial charge in [0.15, 0.2) is 5.11 Å². The number of pyridine rings is 1. The predicted molar refractivity (Wildman–Crippen MR) is 162 cm³/mol. The maximum atomic E-state index is 6.00. The number of hydrogen-bond donors (Lipinski definition) is 1. The number of benzene rings is 2. The van der Waals surface area contributed by atoms with Gasteiger partial charge in [0.05, 0.1) is 31.0 Å². The van der Waals surface area contributed by atoms with E-state index in [1.807, 2.05) is 18.3 Å². The highest BCUT2D eigenvalue weighted by atomic mass is 32.1. The van der Waals surface area contributed by atoms with Crippen molar-refractivity contribution in [2.24, 2.45) is 0 Å². The Morgan fingerprint density at radius 1 is 0.897 bits per heavy atom. The molecule has 0 spiro atoms. The second-order valence-corrected chi connectivity index (χ2v) is 10.9. The van der Waals surface area contributed by atoms with E-state index in [1.165, 1.54) is 39.5 Å². The number of hydrogen-bond acceptors (Lipinski definition) is 4. The molecule has 0 bridgehead atoms. The van der Waals surface area contributed by atoms with Gasteiger partial charge in [-0.15, -0.1) is 0 Å². The molecule has 39 heavy (non-hydrogen) atoms. The number of aryl methyl sites for hydroxylation is 2. The van der Waals surface area contributed by atoms with Crippen LogP contribution in [0.2, 0.25) is 0 Å². The van der Waals surface area contributed by atoms with E-state index in [4.69, 9.17) is 21.9 Å². The molecule has 0 unspecified atom stereocenters. The first-order valence-corrected chi connectivity index (χ1v) is 14.0. The van der Waals surface area contributed by atoms with Crippen molar-refractivity contribution in [3.63, 3.8) is 0 Å². The van der Waals surface area contributed by atoms with Crippen molar-refractivity contribution in [1.29, 1.82) is 0 Å². The van der Waals surface area contributed by atoms with E-state index < -0.39 is 0 Å². The minimum Gasteiger partial charge on any atom is -0.378 e. The van der Waals surface area contributed by atoms with Crippen LogP contribution in [0.1, 0.15) is 45.9 Å². The highest BCUT2D eigenvalue weighted by Crippen LogP contribution is 2.44. The first-order chi connectivity index (χ1) is 18.9. The molecule has 2 aromatic heterocycles. The summed E-state index contributed by atoms with van der Waals surface area (Å²) in [5.41, 5.74) is 10.7. The largest absolute Gasteiger partial charge is 0.378 e. The summed E-state index contributed by atoms with van der Waals surface area (Å²) in [5, 5.41) is 4.33. The minimum absolute atomic E-state index is 0.0494. The molecule has 2 atom stereocenters. The fraction of sp³-hybridized carbons (Fsp3) is 0.312. The summed E-state index contributed by atoms with van der Waals surface area (Å²) in [5.74, 6) is 0. The minimum atomic E-state index is -0.0785. The molecular weight excluding hydrogens is 502 g/mol. The van der Waals surface area contributed by atoms with Crippen molar-refractivity contribution in [2.75, 3.05) is 36.1 Å². The van der Waals surface area contributed by atoms with Crippen LogP contribution in [0.15, 0.2) is 72.9 Å². The molecule has 6 nitrogen and oxygen atoms in total. The maximum Gasteiger partial charge on any atom is 0.174 e. The highest BCUT2D eigenvalue weighted by Gasteiger charge is 2.42. The second-order valence-electron chi connectivity index (χ2n) is 10.5. The molecule has 4 heterocycles. The Balaban J connectivity index is 1.45. The third-order valence-corrected chi connectivity index (χ3v) is 8.52. The molecule has 0 radical (unpaired) electrons. The summed E-state index contributed by atoms with van der Waals surface area (Å²) in [6.45, 7) is 12.2. The quantitative estimate of drug-likeness (QED) is 0.310. The van der Waals surface area contributed by atoms with Crippen LogP contribution in [0, 0.1) is 27.7 Å². The Hall–Kier alpha value is -3.68. The lowest BCUT2D eigenvalue weighted by atomic mass is 9.96. The summed E-state index contributed by atoms with van der Waals surface area (Å²) in [4.78, 5) is 9.39. The number of nitrogens with zero attached hydrogens (tertiary/aromatic N) is 4. The number of nitrogens with one attached hydrogen (secondary N) is 1. The molecule has 2 aromatic carbocycles. The van der Waals surface area contributed by atoms with Crippen LogP contribution < -0.4 is 15.1 Å². The van der Waals surface area contributed by atoms with Gasteiger partial charge in [-0.2, -0.15) is 0 Å². The number of anilines is 2. The van der Waals surface area contributed by atoms with E-state index in [9.17, 15) is 0 Å². The van der Waals surface area contributed by atoms with Gasteiger partial charge >= 0.3 is 0 Å². The summed E-state index contributed by atoms with van der Waals surface area (Å²) in [6.07, 6.45) is 1.86. The number of morpholine rings is 1. The number of thiocarbonyl (C=S) groups is 1. The first kappa shape index (κ1) is 25.6. The Labute approximate surface area is 236 Å². The molecule has 6 rings (SSSR count). The Bertz CT molecular complexity index is 1490. The summed E-state index contributed by atoms with van der Waals surface area (Å²) < 4.78 is 7.93. The molecule has 0 aliphatic carbocycles. The van der Waals surface area contributed by atoms with E-state index >= 15 is 0 Å². The second kappa shape index (κ2) is 10.5. The number of aromatic nitrogens is 2. The van der Waals surface area contributed by atoms with E-state index in [0.717, 1.165) is 37.7 Å². The van der Waals surface area contributed by atoms with Gasteiger partial charge < -0.3 is 24.4 Å². The van der Waals surface area contributed by atoms with Crippen LogP contribution in [0.3, 0.4) is 0 Å². The van der Waals surface area contributed by atoms with Crippen LogP contribution in [0.4, 0.5) is 11.4 Å². The van der Waals surface area contributed by atoms with Crippen molar-refractivity contribution < 1.29 is 4.74 Å². The van der Waals surface area contributed by atoms with E-state index in [-0.39, 0.29) is 12.1 Å². The van der Waals surface area contributed by atoms with Crippen LogP contribution in [-0.2, 0) is 4.74 Å². The molecule has 0 saturated carbocycles. The number of ether oxygens (including phenoxy) is 1. The maximum absolute atomic E-state index is 6.00. The van der Waals surface area contributed by atoms with Crippen LogP contribution in [0.5, 0.6) is 0 Å². The molecule has 2 saturated heterocycles. The van der Waals surface area contributed by atoms with Gasteiger partial charge in [-0.05, 0) is 105 Å². The lowest BCUT2D eigenvalue weighted by Crippen LogP contribution is -2.36. The lowest BCUT2D eigenvalue weighted by molar-refractivity contribution is 0.122. The van der Waals surface area contributed by atoms with Gasteiger partial charge in [0, 0.05) is 47.7 Å². The summed E-state index contributed by atoms with van der Waals surface area (Å²) >= 11 is 6.00. The Kier molecular flexibility index (Phi) is 6.87. The normalized spacial score (nSPS) is 19.4. The molecule has 2 fully saturated rings. The van der Waals surface area contributed by atoms with Crippen LogP contribution in [0.25, 0.3) is 5.69 Å². The zero-order valence-electron chi connectivity index (χ0n) is 23.0. The van der Waals surface area contributed by atoms with Crippen molar-refractivity contribution in [3.05, 3.63) is 107 Å². The third kappa shape index (κ3) is 4.60. The average molecular weight is 538 g/mol. The van der Waals surface area contributed by atoms with Gasteiger partial charge in [-0.3, -0.25) is 4.98 Å². The SMILES string of the molecule is Cc1cccc(-n2c(C)cc([C@H]3[C@@H](c4ccccn4)NC(=S)N3c3ccc(N4CCOCC4)cc3)c2C)c1C. The monoisotopic (exact) mass is 537 g/mol. The molecule has 4 aromatic rings. The predicted octanol–water partition coefficient (Wildman–Crippen LogP) is 6.12. The van der Waals surface area contributed by atoms with Gasteiger partial charge in [0.2, 0.25) is 0 Å².